The zero-order valence-corrected chi connectivity index (χ0v) is 11.7. The molecule has 18 heavy (non-hydrogen) atoms. The Kier molecular flexibility index (Phi) is 6.46. The van der Waals surface area contributed by atoms with E-state index < -0.39 is 0 Å². The molecule has 1 aliphatic carbocycles. The standard InChI is InChI=1S/C16H28N2/c1-2-4-8-12-15(11-7-3-1)16-13-9-5-6-10-14-17-18-16/h11,16H,1-10,12-14H2. The average molecular weight is 248 g/mol. The summed E-state index contributed by atoms with van der Waals surface area (Å²) >= 11 is 0. The average Bonchev–Trinajstić information content (AvgIpc) is 2.61. The van der Waals surface area contributed by atoms with Crippen LogP contribution in [-0.4, -0.2) is 12.6 Å². The second kappa shape index (κ2) is 8.44. The molecule has 0 aromatic rings. The molecular weight excluding hydrogens is 220 g/mol. The third-order valence-electron chi connectivity index (χ3n) is 4.21. The number of allylic oxidation sites excluding steroid dienone is 1. The summed E-state index contributed by atoms with van der Waals surface area (Å²) in [5.74, 6) is 0. The Morgan fingerprint density at radius 2 is 1.61 bits per heavy atom. The van der Waals surface area contributed by atoms with E-state index in [9.17, 15) is 0 Å². The minimum atomic E-state index is 0.418. The van der Waals surface area contributed by atoms with Crippen molar-refractivity contribution in [2.45, 2.75) is 83.1 Å². The second-order valence-electron chi connectivity index (χ2n) is 5.78. The molecular formula is C16H28N2. The van der Waals surface area contributed by atoms with Crippen molar-refractivity contribution in [2.24, 2.45) is 10.2 Å². The topological polar surface area (TPSA) is 24.7 Å². The summed E-state index contributed by atoms with van der Waals surface area (Å²) in [5.41, 5.74) is 1.60. The van der Waals surface area contributed by atoms with E-state index in [1.165, 1.54) is 77.0 Å². The van der Waals surface area contributed by atoms with Gasteiger partial charge in [0.05, 0.1) is 12.6 Å². The molecule has 2 heteroatoms. The van der Waals surface area contributed by atoms with E-state index in [0.717, 1.165) is 6.54 Å². The van der Waals surface area contributed by atoms with E-state index in [0.29, 0.717) is 6.04 Å². The Morgan fingerprint density at radius 3 is 2.61 bits per heavy atom. The maximum atomic E-state index is 4.63. The van der Waals surface area contributed by atoms with E-state index in [-0.39, 0.29) is 0 Å². The van der Waals surface area contributed by atoms with Crippen molar-refractivity contribution in [2.75, 3.05) is 6.54 Å². The molecule has 0 bridgehead atoms. The van der Waals surface area contributed by atoms with Crippen LogP contribution in [0.3, 0.4) is 0 Å². The minimum Gasteiger partial charge on any atom is -0.194 e. The van der Waals surface area contributed by atoms with E-state index in [4.69, 9.17) is 0 Å². The number of nitrogens with zero attached hydrogens (tertiary/aromatic N) is 2. The van der Waals surface area contributed by atoms with Crippen LogP contribution in [0.5, 0.6) is 0 Å². The molecule has 102 valence electrons. The summed E-state index contributed by atoms with van der Waals surface area (Å²) < 4.78 is 0. The summed E-state index contributed by atoms with van der Waals surface area (Å²) in [6.45, 7) is 0.948. The van der Waals surface area contributed by atoms with Crippen LogP contribution in [0, 0.1) is 0 Å². The first-order valence-corrected chi connectivity index (χ1v) is 8.02. The van der Waals surface area contributed by atoms with Crippen LogP contribution >= 0.6 is 0 Å². The van der Waals surface area contributed by atoms with Crippen LogP contribution in [0.25, 0.3) is 0 Å². The monoisotopic (exact) mass is 248 g/mol. The molecule has 2 nitrogen and oxygen atoms in total. The molecule has 0 spiro atoms. The molecule has 0 radical (unpaired) electrons. The van der Waals surface area contributed by atoms with E-state index in [1.54, 1.807) is 5.57 Å². The van der Waals surface area contributed by atoms with Crippen LogP contribution in [0.2, 0.25) is 0 Å². The fourth-order valence-electron chi connectivity index (χ4n) is 3.04. The van der Waals surface area contributed by atoms with E-state index >= 15 is 0 Å². The lowest BCUT2D eigenvalue weighted by molar-refractivity contribution is 0.570. The quantitative estimate of drug-likeness (QED) is 0.552. The van der Waals surface area contributed by atoms with Crippen molar-refractivity contribution in [1.29, 1.82) is 0 Å². The third-order valence-corrected chi connectivity index (χ3v) is 4.21. The Balaban J connectivity index is 1.97. The van der Waals surface area contributed by atoms with E-state index in [2.05, 4.69) is 16.3 Å². The smallest absolute Gasteiger partial charge is 0.0917 e. The van der Waals surface area contributed by atoms with Gasteiger partial charge in [-0.15, -0.1) is 0 Å². The van der Waals surface area contributed by atoms with Gasteiger partial charge in [-0.2, -0.15) is 10.2 Å². The lowest BCUT2D eigenvalue weighted by atomic mass is 9.96. The van der Waals surface area contributed by atoms with Crippen molar-refractivity contribution in [3.8, 4) is 0 Å². The van der Waals surface area contributed by atoms with Gasteiger partial charge in [-0.25, -0.2) is 0 Å². The van der Waals surface area contributed by atoms with Gasteiger partial charge in [0.15, 0.2) is 0 Å². The normalized spacial score (nSPS) is 28.0. The highest BCUT2D eigenvalue weighted by molar-refractivity contribution is 5.11. The molecule has 0 saturated heterocycles. The van der Waals surface area contributed by atoms with Crippen molar-refractivity contribution < 1.29 is 0 Å². The molecule has 0 amide bonds. The van der Waals surface area contributed by atoms with Crippen molar-refractivity contribution in [3.05, 3.63) is 11.6 Å². The van der Waals surface area contributed by atoms with Gasteiger partial charge in [0.2, 0.25) is 0 Å². The van der Waals surface area contributed by atoms with E-state index in [1.807, 2.05) is 0 Å². The predicted molar refractivity (Wildman–Crippen MR) is 77.0 cm³/mol. The fourth-order valence-corrected chi connectivity index (χ4v) is 3.04. The number of hydrogen-bond donors (Lipinski definition) is 0. The van der Waals surface area contributed by atoms with Crippen molar-refractivity contribution in [3.63, 3.8) is 0 Å². The molecule has 1 heterocycles. The molecule has 0 N–H and O–H groups in total. The first-order chi connectivity index (χ1) is 8.97. The summed E-state index contributed by atoms with van der Waals surface area (Å²) in [6.07, 6.45) is 18.5. The highest BCUT2D eigenvalue weighted by Crippen LogP contribution is 2.25. The fraction of sp³-hybridized carbons (Fsp3) is 0.875. The van der Waals surface area contributed by atoms with Gasteiger partial charge in [-0.1, -0.05) is 44.6 Å². The van der Waals surface area contributed by atoms with Crippen molar-refractivity contribution >= 4 is 0 Å². The molecule has 2 aliphatic rings. The molecule has 1 atom stereocenters. The lowest BCUT2D eigenvalue weighted by Crippen LogP contribution is -2.08. The predicted octanol–water partition coefficient (Wildman–Crippen LogP) is 5.44. The van der Waals surface area contributed by atoms with Gasteiger partial charge in [0, 0.05) is 0 Å². The summed E-state index contributed by atoms with van der Waals surface area (Å²) in [5, 5.41) is 9.04. The van der Waals surface area contributed by atoms with Gasteiger partial charge in [-0.3, -0.25) is 0 Å². The molecule has 0 aromatic heterocycles. The summed E-state index contributed by atoms with van der Waals surface area (Å²) in [7, 11) is 0. The van der Waals surface area contributed by atoms with Gasteiger partial charge in [0.1, 0.15) is 0 Å². The van der Waals surface area contributed by atoms with Crippen LogP contribution in [-0.2, 0) is 0 Å². The molecule has 0 saturated carbocycles. The maximum Gasteiger partial charge on any atom is 0.0917 e. The Hall–Kier alpha value is -0.660. The summed E-state index contributed by atoms with van der Waals surface area (Å²) in [4.78, 5) is 0. The van der Waals surface area contributed by atoms with Gasteiger partial charge in [0.25, 0.3) is 0 Å². The third kappa shape index (κ3) is 4.91. The van der Waals surface area contributed by atoms with Crippen LogP contribution < -0.4 is 0 Å². The van der Waals surface area contributed by atoms with Gasteiger partial charge >= 0.3 is 0 Å². The van der Waals surface area contributed by atoms with Crippen LogP contribution in [0.4, 0.5) is 0 Å². The van der Waals surface area contributed by atoms with Crippen LogP contribution in [0.15, 0.2) is 21.9 Å². The largest absolute Gasteiger partial charge is 0.194 e. The highest BCUT2D eigenvalue weighted by atomic mass is 15.1. The zero-order chi connectivity index (χ0) is 12.5. The molecule has 1 unspecified atom stereocenters. The van der Waals surface area contributed by atoms with Gasteiger partial charge < -0.3 is 0 Å². The second-order valence-corrected chi connectivity index (χ2v) is 5.78. The number of rotatable bonds is 1. The zero-order valence-electron chi connectivity index (χ0n) is 11.7. The first-order valence-electron chi connectivity index (χ1n) is 8.02. The lowest BCUT2D eigenvalue weighted by Gasteiger charge is -2.15. The number of hydrogen-bond acceptors (Lipinski definition) is 2. The van der Waals surface area contributed by atoms with Crippen molar-refractivity contribution in [1.82, 2.24) is 0 Å². The molecule has 0 fully saturated rings. The highest BCUT2D eigenvalue weighted by Gasteiger charge is 2.14. The van der Waals surface area contributed by atoms with Gasteiger partial charge in [-0.05, 0) is 44.1 Å². The summed E-state index contributed by atoms with van der Waals surface area (Å²) in [6, 6.07) is 0.418. The number of azo groups is 1. The Morgan fingerprint density at radius 1 is 0.833 bits per heavy atom. The first kappa shape index (κ1) is 13.8. The molecule has 0 aromatic carbocycles. The molecule has 1 aliphatic heterocycles. The molecule has 2 rings (SSSR count). The minimum absolute atomic E-state index is 0.418. The Bertz CT molecular complexity index is 281. The SMILES string of the molecule is C1=C(C2CCCCCCN=N2)CCCCCCC1. The Labute approximate surface area is 112 Å². The maximum absolute atomic E-state index is 4.63. The van der Waals surface area contributed by atoms with Crippen LogP contribution in [0.1, 0.15) is 77.0 Å².